The van der Waals surface area contributed by atoms with Crippen molar-refractivity contribution in [3.05, 3.63) is 113 Å². The number of aryl methyl sites for hydroxylation is 1. The third kappa shape index (κ3) is 5.77. The number of esters is 1. The molecule has 220 valence electrons. The van der Waals surface area contributed by atoms with E-state index in [1.807, 2.05) is 26.0 Å². The number of rotatable bonds is 6. The Balaban J connectivity index is 1.22. The average Bonchev–Trinajstić information content (AvgIpc) is 3.57. The van der Waals surface area contributed by atoms with E-state index < -0.39 is 30.1 Å². The maximum atomic E-state index is 14.5. The number of carbonyl (C=O) groups is 1. The first-order valence-corrected chi connectivity index (χ1v) is 14.4. The number of fused-ring (bicyclic) bond motifs is 1. The molecule has 6 nitrogen and oxygen atoms in total. The fourth-order valence-corrected chi connectivity index (χ4v) is 5.73. The van der Waals surface area contributed by atoms with Crippen molar-refractivity contribution in [2.75, 3.05) is 7.11 Å². The van der Waals surface area contributed by atoms with E-state index in [4.69, 9.17) is 14.0 Å². The number of H-pyrrole nitrogens is 1. The molecule has 4 aromatic rings. The molecule has 1 N–H and O–H groups in total. The number of carbonyl (C=O) groups excluding carboxylic acids is 1. The molecule has 1 atom stereocenters. The molecule has 1 aromatic heterocycles. The van der Waals surface area contributed by atoms with Crippen LogP contribution in [0.4, 0.5) is 4.39 Å². The van der Waals surface area contributed by atoms with Crippen molar-refractivity contribution in [3.63, 3.8) is 0 Å². The van der Waals surface area contributed by atoms with Crippen LogP contribution >= 0.6 is 0 Å². The van der Waals surface area contributed by atoms with E-state index in [0.717, 1.165) is 33.6 Å². The second kappa shape index (κ2) is 10.9. The number of aromatic nitrogens is 1. The first-order valence-electron chi connectivity index (χ1n) is 14.4. The van der Waals surface area contributed by atoms with Crippen molar-refractivity contribution in [1.29, 1.82) is 0 Å². The average molecular weight is 579 g/mol. The molecular weight excluding hydrogens is 544 g/mol. The van der Waals surface area contributed by atoms with Crippen molar-refractivity contribution in [3.8, 4) is 17.0 Å². The zero-order valence-corrected chi connectivity index (χ0v) is 25.3. The molecule has 0 radical (unpaired) electrons. The van der Waals surface area contributed by atoms with Crippen molar-refractivity contribution in [2.45, 2.75) is 58.3 Å². The van der Waals surface area contributed by atoms with Crippen molar-refractivity contribution in [2.24, 2.45) is 0 Å². The summed E-state index contributed by atoms with van der Waals surface area (Å²) in [7, 11) is 0.613. The summed E-state index contributed by atoms with van der Waals surface area (Å²) in [6.07, 6.45) is 2.62. The van der Waals surface area contributed by atoms with E-state index in [0.29, 0.717) is 17.7 Å². The number of nitrogens with one attached hydrogen (secondary N) is 1. The smallest absolute Gasteiger partial charge is 0.483 e. The minimum atomic E-state index is -0.713. The molecule has 0 aliphatic carbocycles. The summed E-state index contributed by atoms with van der Waals surface area (Å²) in [5.41, 5.74) is 6.64. The van der Waals surface area contributed by atoms with Crippen LogP contribution in [0.5, 0.6) is 5.75 Å². The summed E-state index contributed by atoms with van der Waals surface area (Å²) in [5, 5.41) is 0. The molecular formula is C35H35BFNO5. The zero-order chi connectivity index (χ0) is 30.5. The number of methoxy groups -OCH3 is 1. The number of halogens is 1. The van der Waals surface area contributed by atoms with Crippen LogP contribution in [0, 0.1) is 12.7 Å². The largest absolute Gasteiger partial charge is 0.511 e. The van der Waals surface area contributed by atoms with E-state index in [9.17, 15) is 9.18 Å². The summed E-state index contributed by atoms with van der Waals surface area (Å²) < 4.78 is 38.4. The van der Waals surface area contributed by atoms with Gasteiger partial charge in [-0.25, -0.2) is 9.18 Å². The van der Waals surface area contributed by atoms with Gasteiger partial charge < -0.3 is 23.8 Å². The van der Waals surface area contributed by atoms with Gasteiger partial charge in [0.1, 0.15) is 17.2 Å². The topological polar surface area (TPSA) is 69.8 Å². The van der Waals surface area contributed by atoms with Gasteiger partial charge in [-0.2, -0.15) is 0 Å². The second-order valence-corrected chi connectivity index (χ2v) is 12.4. The Morgan fingerprint density at radius 1 is 0.977 bits per heavy atom. The van der Waals surface area contributed by atoms with E-state index in [1.165, 1.54) is 24.8 Å². The Morgan fingerprint density at radius 2 is 1.72 bits per heavy atom. The number of aromatic amines is 1. The molecule has 2 aliphatic rings. The predicted octanol–water partition coefficient (Wildman–Crippen LogP) is 6.65. The highest BCUT2D eigenvalue weighted by Gasteiger charge is 2.47. The molecule has 3 heterocycles. The van der Waals surface area contributed by atoms with E-state index >= 15 is 0 Å². The van der Waals surface area contributed by atoms with Crippen LogP contribution in [0.1, 0.15) is 60.3 Å². The highest BCUT2D eigenvalue weighted by molar-refractivity contribution is 6.61. The molecule has 2 aliphatic heterocycles. The first-order chi connectivity index (χ1) is 20.4. The maximum Gasteiger partial charge on any atom is 0.511 e. The van der Waals surface area contributed by atoms with E-state index in [-0.39, 0.29) is 11.7 Å². The van der Waals surface area contributed by atoms with E-state index in [2.05, 4.69) is 79.0 Å². The highest BCUT2D eigenvalue weighted by atomic mass is 19.1. The maximum absolute atomic E-state index is 14.5. The van der Waals surface area contributed by atoms with Crippen LogP contribution in [-0.4, -0.2) is 42.5 Å². The van der Waals surface area contributed by atoms with Crippen LogP contribution in [-0.2, 0) is 20.5 Å². The standard InChI is InChI=1S/C35H35BFNO5/c1-21-7-10-23(11-8-21)27-20-34(2,3)41-30-15-9-22(17-26(27)30)18-31-35(4,5)43-36(42-31)32-16-14-29(38-32)24-12-13-25(28(37)19-24)33(39)40-6/h7-17,19-20,31,38H,18H2,1-6H3. The predicted molar refractivity (Wildman–Crippen MR) is 166 cm³/mol. The second-order valence-electron chi connectivity index (χ2n) is 12.4. The zero-order valence-electron chi connectivity index (χ0n) is 25.3. The first kappa shape index (κ1) is 29.0. The molecule has 3 aromatic carbocycles. The summed E-state index contributed by atoms with van der Waals surface area (Å²) in [6, 6.07) is 23.1. The van der Waals surface area contributed by atoms with Gasteiger partial charge in [-0.05, 0) is 100 Å². The molecule has 8 heteroatoms. The van der Waals surface area contributed by atoms with Gasteiger partial charge in [0.15, 0.2) is 0 Å². The summed E-state index contributed by atoms with van der Waals surface area (Å²) in [6.45, 7) is 10.3. The number of benzene rings is 3. The van der Waals surface area contributed by atoms with Gasteiger partial charge >= 0.3 is 13.1 Å². The lowest BCUT2D eigenvalue weighted by Crippen LogP contribution is -2.36. The van der Waals surface area contributed by atoms with Gasteiger partial charge in [-0.1, -0.05) is 42.0 Å². The molecule has 6 rings (SSSR count). The third-order valence-corrected chi connectivity index (χ3v) is 8.10. The van der Waals surface area contributed by atoms with Gasteiger partial charge in [-0.3, -0.25) is 0 Å². The number of ether oxygens (including phenoxy) is 2. The van der Waals surface area contributed by atoms with Crippen LogP contribution in [0.25, 0.3) is 16.8 Å². The normalized spacial score (nSPS) is 18.5. The van der Waals surface area contributed by atoms with E-state index in [1.54, 1.807) is 6.07 Å². The van der Waals surface area contributed by atoms with Crippen molar-refractivity contribution < 1.29 is 28.0 Å². The van der Waals surface area contributed by atoms with Crippen LogP contribution < -0.4 is 10.3 Å². The number of hydrogen-bond donors (Lipinski definition) is 1. The summed E-state index contributed by atoms with van der Waals surface area (Å²) >= 11 is 0. The Kier molecular flexibility index (Phi) is 7.31. The molecule has 1 unspecified atom stereocenters. The fourth-order valence-electron chi connectivity index (χ4n) is 5.73. The summed E-state index contributed by atoms with van der Waals surface area (Å²) in [4.78, 5) is 15.1. The fraction of sp³-hybridized carbons (Fsp3) is 0.286. The molecule has 0 amide bonds. The minimum absolute atomic E-state index is 0.107. The number of hydrogen-bond acceptors (Lipinski definition) is 5. The van der Waals surface area contributed by atoms with Crippen LogP contribution in [0.2, 0.25) is 0 Å². The van der Waals surface area contributed by atoms with Crippen molar-refractivity contribution in [1.82, 2.24) is 4.98 Å². The Bertz CT molecular complexity index is 1720. The Morgan fingerprint density at radius 3 is 2.44 bits per heavy atom. The van der Waals surface area contributed by atoms with Gasteiger partial charge in [0, 0.05) is 22.4 Å². The quantitative estimate of drug-likeness (QED) is 0.205. The molecule has 0 bridgehead atoms. The molecule has 1 saturated heterocycles. The SMILES string of the molecule is COC(=O)c1ccc(-c2ccc(B3OC(Cc4ccc5c(c4)C(c4ccc(C)cc4)=CC(C)(C)O5)C(C)(C)O3)[nH]2)cc1F. The lowest BCUT2D eigenvalue weighted by atomic mass is 9.85. The lowest BCUT2D eigenvalue weighted by molar-refractivity contribution is 0.0595. The summed E-state index contributed by atoms with van der Waals surface area (Å²) in [5.74, 6) is -0.494. The van der Waals surface area contributed by atoms with Gasteiger partial charge in [-0.15, -0.1) is 0 Å². The monoisotopic (exact) mass is 579 g/mol. The van der Waals surface area contributed by atoms with Gasteiger partial charge in [0.05, 0.1) is 24.4 Å². The Hall–Kier alpha value is -4.14. The van der Waals surface area contributed by atoms with Crippen LogP contribution in [0.3, 0.4) is 0 Å². The highest BCUT2D eigenvalue weighted by Crippen LogP contribution is 2.41. The van der Waals surface area contributed by atoms with Crippen molar-refractivity contribution >= 4 is 24.3 Å². The minimum Gasteiger partial charge on any atom is -0.483 e. The molecule has 0 spiro atoms. The lowest BCUT2D eigenvalue weighted by Gasteiger charge is -2.32. The Labute approximate surface area is 252 Å². The molecule has 43 heavy (non-hydrogen) atoms. The third-order valence-electron chi connectivity index (χ3n) is 8.10. The molecule has 1 fully saturated rings. The molecule has 0 saturated carbocycles. The van der Waals surface area contributed by atoms with Gasteiger partial charge in [0.2, 0.25) is 0 Å². The van der Waals surface area contributed by atoms with Crippen LogP contribution in [0.15, 0.2) is 78.9 Å². The van der Waals surface area contributed by atoms with Gasteiger partial charge in [0.25, 0.3) is 0 Å².